The molecule has 4 amide bonds. The molecule has 7 rings (SSSR count). The number of amides is 4. The Morgan fingerprint density at radius 3 is 2.45 bits per heavy atom. The first kappa shape index (κ1) is 43.7. The van der Waals surface area contributed by atoms with Gasteiger partial charge in [0, 0.05) is 12.6 Å². The van der Waals surface area contributed by atoms with Crippen LogP contribution in [-0.2, 0) is 35.6 Å². The number of aryl methyl sites for hydroxylation is 1. The fourth-order valence-electron chi connectivity index (χ4n) is 9.58. The van der Waals surface area contributed by atoms with Gasteiger partial charge in [0.25, 0.3) is 5.91 Å². The molecule has 2 heterocycles. The molecule has 0 radical (unpaired) electrons. The van der Waals surface area contributed by atoms with Crippen LogP contribution in [0.4, 0.5) is 13.6 Å². The first-order chi connectivity index (χ1) is 28.4. The number of sulfonamides is 1. The number of rotatable bonds is 17. The summed E-state index contributed by atoms with van der Waals surface area (Å²) in [5.41, 5.74) is -1.18. The van der Waals surface area contributed by atoms with Crippen molar-refractivity contribution in [2.45, 2.75) is 140 Å². The van der Waals surface area contributed by atoms with Gasteiger partial charge in [0.2, 0.25) is 34.1 Å². The summed E-state index contributed by atoms with van der Waals surface area (Å²) < 4.78 is 66.4. The minimum Gasteiger partial charge on any atom is -0.497 e. The topological polar surface area (TPSA) is 206 Å². The Morgan fingerprint density at radius 1 is 1.05 bits per heavy atom. The van der Waals surface area contributed by atoms with Crippen molar-refractivity contribution in [3.8, 4) is 11.6 Å². The predicted octanol–water partition coefficient (Wildman–Crippen LogP) is 4.99. The highest BCUT2D eigenvalue weighted by Gasteiger charge is 2.67. The molecule has 5 aliphatic rings. The minimum absolute atomic E-state index is 0.0924. The van der Waals surface area contributed by atoms with Crippen molar-refractivity contribution in [3.63, 3.8) is 0 Å². The molecule has 1 aromatic carbocycles. The predicted molar refractivity (Wildman–Crippen MR) is 215 cm³/mol. The van der Waals surface area contributed by atoms with Crippen LogP contribution in [-0.4, -0.2) is 101 Å². The highest BCUT2D eigenvalue weighted by molar-refractivity contribution is 7.91. The molecule has 1 aliphatic heterocycles. The molecule has 0 unspecified atom stereocenters. The quantitative estimate of drug-likeness (QED) is 0.156. The van der Waals surface area contributed by atoms with E-state index in [2.05, 4.69) is 20.6 Å². The van der Waals surface area contributed by atoms with Crippen LogP contribution in [0.3, 0.4) is 0 Å². The average molecular weight is 861 g/mol. The van der Waals surface area contributed by atoms with Crippen molar-refractivity contribution in [3.05, 3.63) is 23.9 Å². The van der Waals surface area contributed by atoms with E-state index in [1.807, 2.05) is 17.7 Å². The SMILES string of the molecule is CC[C@@H]1CCN(C(=O)[C@@H](NC(=O)O[C@@H]2C[C@@H]3C[C@@H]3[C@H]2CCCCCc2nc3ccc(OC)cc3nc2O)C(C)(C)C)[C@@H]1C(=O)N[C@]1(C(=O)NS(=O)(=O)C2CC2)C[C@H]1C(F)F. The Kier molecular flexibility index (Phi) is 12.3. The molecule has 1 aromatic heterocycles. The van der Waals surface area contributed by atoms with Crippen molar-refractivity contribution in [1.82, 2.24) is 30.2 Å². The van der Waals surface area contributed by atoms with Crippen molar-refractivity contribution >= 4 is 44.9 Å². The number of alkyl halides is 2. The summed E-state index contributed by atoms with van der Waals surface area (Å²) in [4.78, 5) is 65.6. The number of hydrogen-bond acceptors (Lipinski definition) is 11. The summed E-state index contributed by atoms with van der Waals surface area (Å²) >= 11 is 0. The van der Waals surface area contributed by atoms with E-state index in [1.165, 1.54) is 4.90 Å². The number of methoxy groups -OCH3 is 1. The van der Waals surface area contributed by atoms with Gasteiger partial charge in [0.1, 0.15) is 35.2 Å². The van der Waals surface area contributed by atoms with Gasteiger partial charge in [-0.1, -0.05) is 47.0 Å². The van der Waals surface area contributed by atoms with Gasteiger partial charge < -0.3 is 30.1 Å². The molecule has 0 bridgehead atoms. The zero-order valence-corrected chi connectivity index (χ0v) is 35.7. The number of carbonyl (C=O) groups is 4. The van der Waals surface area contributed by atoms with E-state index in [1.54, 1.807) is 40.0 Å². The van der Waals surface area contributed by atoms with Crippen LogP contribution in [0.5, 0.6) is 11.6 Å². The van der Waals surface area contributed by atoms with Crippen LogP contribution in [0, 0.1) is 35.0 Å². The highest BCUT2D eigenvalue weighted by Crippen LogP contribution is 2.58. The van der Waals surface area contributed by atoms with Crippen molar-refractivity contribution in [2.75, 3.05) is 13.7 Å². The second-order valence-electron chi connectivity index (χ2n) is 18.6. The number of ether oxygens (including phenoxy) is 2. The summed E-state index contributed by atoms with van der Waals surface area (Å²) in [6, 6.07) is 3.09. The molecule has 0 spiro atoms. The van der Waals surface area contributed by atoms with E-state index in [0.29, 0.717) is 66.4 Å². The number of benzene rings is 1. The van der Waals surface area contributed by atoms with Crippen molar-refractivity contribution < 1.29 is 51.0 Å². The van der Waals surface area contributed by atoms with E-state index in [-0.39, 0.29) is 30.4 Å². The smallest absolute Gasteiger partial charge is 0.408 e. The Hall–Kier alpha value is -4.35. The molecule has 5 fully saturated rings. The number of aromatic nitrogens is 2. The van der Waals surface area contributed by atoms with Crippen LogP contribution in [0.2, 0.25) is 0 Å². The van der Waals surface area contributed by atoms with E-state index < -0.39 is 80.9 Å². The third-order valence-corrected chi connectivity index (χ3v) is 15.2. The van der Waals surface area contributed by atoms with Crippen LogP contribution in [0.25, 0.3) is 11.0 Å². The zero-order chi connectivity index (χ0) is 43.3. The lowest BCUT2D eigenvalue weighted by Gasteiger charge is -2.36. The first-order valence-corrected chi connectivity index (χ1v) is 22.9. The molecule has 1 saturated heterocycles. The number of halogens is 2. The molecule has 9 atom stereocenters. The summed E-state index contributed by atoms with van der Waals surface area (Å²) in [7, 11) is -2.51. The Balaban J connectivity index is 0.952. The lowest BCUT2D eigenvalue weighted by Crippen LogP contribution is -2.61. The van der Waals surface area contributed by atoms with E-state index in [4.69, 9.17) is 9.47 Å². The number of alkyl carbamates (subject to hydrolysis) is 1. The average Bonchev–Trinajstić information content (AvgIpc) is 4.13. The Morgan fingerprint density at radius 2 is 1.80 bits per heavy atom. The third-order valence-electron chi connectivity index (χ3n) is 13.4. The van der Waals surface area contributed by atoms with E-state index in [0.717, 1.165) is 38.5 Å². The largest absolute Gasteiger partial charge is 0.497 e. The standard InChI is InChI=1S/C42H58F2N6O9S/c1-6-22-16-17-50(33(22)37(52)48-42(21-28(42)35(43)44)39(54)49-60(56,57)25-13-14-25)38(53)34(41(2,3)4)47-40(55)59-32-19-23-18-27(23)26(32)10-8-7-9-11-30-36(51)46-31-20-24(58-5)12-15-29(31)45-30/h12,15,20,22-23,25-28,32-35H,6-11,13-14,16-19,21H2,1-5H3,(H,46,51)(H,47,55)(H,48,52)(H,49,54)/t22-,23+,26-,27+,28+,32-,33+,34-,42-/m1/s1. The lowest BCUT2D eigenvalue weighted by molar-refractivity contribution is -0.144. The van der Waals surface area contributed by atoms with Crippen LogP contribution < -0.4 is 20.1 Å². The number of aromatic hydroxyl groups is 1. The number of hydrogen-bond donors (Lipinski definition) is 4. The van der Waals surface area contributed by atoms with Gasteiger partial charge in [0.15, 0.2) is 0 Å². The number of nitrogens with zero attached hydrogens (tertiary/aromatic N) is 3. The Labute approximate surface area is 349 Å². The minimum atomic E-state index is -4.08. The van der Waals surface area contributed by atoms with E-state index >= 15 is 0 Å². The summed E-state index contributed by atoms with van der Waals surface area (Å²) in [6.45, 7) is 7.34. The molecule has 4 saturated carbocycles. The maximum Gasteiger partial charge on any atom is 0.408 e. The summed E-state index contributed by atoms with van der Waals surface area (Å²) in [5.74, 6) is -2.85. The van der Waals surface area contributed by atoms with Gasteiger partial charge in [-0.2, -0.15) is 0 Å². The summed E-state index contributed by atoms with van der Waals surface area (Å²) in [6.07, 6.45) is 2.94. The number of nitrogens with one attached hydrogen (secondary N) is 3. The highest BCUT2D eigenvalue weighted by atomic mass is 32.2. The summed E-state index contributed by atoms with van der Waals surface area (Å²) in [5, 5.41) is 15.0. The fraction of sp³-hybridized carbons (Fsp3) is 0.714. The van der Waals surface area contributed by atoms with Crippen molar-refractivity contribution in [2.24, 2.45) is 35.0 Å². The molecule has 60 heavy (non-hydrogen) atoms. The molecule has 18 heteroatoms. The maximum atomic E-state index is 14.4. The molecular formula is C42H58F2N6O9S. The Bertz CT molecular complexity index is 2100. The zero-order valence-electron chi connectivity index (χ0n) is 34.9. The fourth-order valence-corrected chi connectivity index (χ4v) is 10.9. The first-order valence-electron chi connectivity index (χ1n) is 21.3. The lowest BCUT2D eigenvalue weighted by atomic mass is 9.85. The second kappa shape index (κ2) is 16.8. The number of likely N-dealkylation sites (tertiary alicyclic amines) is 1. The number of fused-ring (bicyclic) bond motifs is 2. The van der Waals surface area contributed by atoms with Crippen LogP contribution in [0.1, 0.15) is 104 Å². The molecule has 4 aliphatic carbocycles. The van der Waals surface area contributed by atoms with Gasteiger partial charge in [0.05, 0.1) is 29.3 Å². The number of carbonyl (C=O) groups excluding carboxylic acids is 4. The molecule has 15 nitrogen and oxygen atoms in total. The van der Waals surface area contributed by atoms with Gasteiger partial charge in [-0.15, -0.1) is 0 Å². The number of unbranched alkanes of at least 4 members (excludes halogenated alkanes) is 2. The van der Waals surface area contributed by atoms with Gasteiger partial charge in [-0.05, 0) is 99.0 Å². The van der Waals surface area contributed by atoms with Gasteiger partial charge >= 0.3 is 6.09 Å². The monoisotopic (exact) mass is 860 g/mol. The molecule has 2 aromatic rings. The third kappa shape index (κ3) is 9.13. The molecule has 330 valence electrons. The van der Waals surface area contributed by atoms with Gasteiger partial charge in [-0.3, -0.25) is 19.1 Å². The van der Waals surface area contributed by atoms with Crippen LogP contribution >= 0.6 is 0 Å². The maximum absolute atomic E-state index is 14.4. The van der Waals surface area contributed by atoms with Crippen LogP contribution in [0.15, 0.2) is 18.2 Å². The molecule has 4 N–H and O–H groups in total. The normalized spacial score (nSPS) is 28.9. The van der Waals surface area contributed by atoms with Crippen molar-refractivity contribution in [1.29, 1.82) is 0 Å². The second-order valence-corrected chi connectivity index (χ2v) is 20.6. The molecular weight excluding hydrogens is 803 g/mol. The van der Waals surface area contributed by atoms with Gasteiger partial charge in [-0.25, -0.2) is 32.0 Å². The van der Waals surface area contributed by atoms with E-state index in [9.17, 15) is 41.5 Å².